The van der Waals surface area contributed by atoms with E-state index in [1.165, 1.54) is 6.92 Å². The number of imide groups is 1. The van der Waals surface area contributed by atoms with Gasteiger partial charge >= 0.3 is 0 Å². The van der Waals surface area contributed by atoms with Gasteiger partial charge in [-0.15, -0.1) is 0 Å². The van der Waals surface area contributed by atoms with E-state index >= 15 is 0 Å². The molecule has 2 heterocycles. The number of nitrogens with zero attached hydrogens (tertiary/aromatic N) is 3. The number of carbonyl (C=O) groups is 3. The molecule has 10 nitrogen and oxygen atoms in total. The van der Waals surface area contributed by atoms with Crippen molar-refractivity contribution in [2.75, 3.05) is 5.32 Å². The number of amides is 3. The molecule has 2 atom stereocenters. The number of benzene rings is 1. The number of carbonyl (C=O) groups excluding carboxylic acids is 3. The first kappa shape index (κ1) is 23.1. The molecule has 0 bridgehead atoms. The second-order valence-corrected chi connectivity index (χ2v) is 9.33. The van der Waals surface area contributed by atoms with Crippen molar-refractivity contribution < 1.29 is 19.5 Å². The maximum Gasteiger partial charge on any atom is 0.289 e. The summed E-state index contributed by atoms with van der Waals surface area (Å²) in [5.41, 5.74) is 2.71. The number of hydrogen-bond acceptors (Lipinski definition) is 8. The van der Waals surface area contributed by atoms with Gasteiger partial charge in [0.25, 0.3) is 17.7 Å². The fourth-order valence-corrected chi connectivity index (χ4v) is 4.26. The number of anilines is 1. The van der Waals surface area contributed by atoms with E-state index in [1.807, 2.05) is 39.0 Å². The van der Waals surface area contributed by atoms with Crippen molar-refractivity contribution in [3.8, 4) is 0 Å². The predicted molar refractivity (Wildman–Crippen MR) is 122 cm³/mol. The summed E-state index contributed by atoms with van der Waals surface area (Å²) in [6.45, 7) is 6.91. The first-order valence-corrected chi connectivity index (χ1v) is 11.3. The molecule has 1 aliphatic carbocycles. The summed E-state index contributed by atoms with van der Waals surface area (Å²) in [6.07, 6.45) is 3.43. The first-order valence-electron chi connectivity index (χ1n) is 11.3. The highest BCUT2D eigenvalue weighted by Gasteiger charge is 2.58. The van der Waals surface area contributed by atoms with Crippen LogP contribution in [-0.4, -0.2) is 61.5 Å². The van der Waals surface area contributed by atoms with Crippen molar-refractivity contribution in [2.45, 2.75) is 77.1 Å². The zero-order valence-electron chi connectivity index (χ0n) is 19.3. The second kappa shape index (κ2) is 8.68. The van der Waals surface area contributed by atoms with Crippen molar-refractivity contribution in [3.63, 3.8) is 0 Å². The number of aryl methyl sites for hydroxylation is 1. The molecule has 2 aliphatic rings. The van der Waals surface area contributed by atoms with Crippen LogP contribution in [0.1, 0.15) is 62.6 Å². The van der Waals surface area contributed by atoms with E-state index in [-0.39, 0.29) is 29.9 Å². The van der Waals surface area contributed by atoms with Crippen LogP contribution in [0.5, 0.6) is 0 Å². The van der Waals surface area contributed by atoms with E-state index in [1.54, 1.807) is 0 Å². The largest absolute Gasteiger partial charge is 0.372 e. The molecule has 1 aromatic carbocycles. The van der Waals surface area contributed by atoms with Crippen molar-refractivity contribution in [2.24, 2.45) is 0 Å². The molecule has 1 saturated carbocycles. The van der Waals surface area contributed by atoms with E-state index in [9.17, 15) is 19.5 Å². The molecule has 0 unspecified atom stereocenters. The third-order valence-electron chi connectivity index (χ3n) is 6.10. The Bertz CT molecular complexity index is 1100. The van der Waals surface area contributed by atoms with Gasteiger partial charge in [0.05, 0.1) is 5.52 Å². The average molecular weight is 455 g/mol. The minimum atomic E-state index is -1.97. The number of rotatable bonds is 6. The number of fused-ring (bicyclic) bond motifs is 1. The highest BCUT2D eigenvalue weighted by molar-refractivity contribution is 6.23. The van der Waals surface area contributed by atoms with E-state index in [4.69, 9.17) is 0 Å². The molecule has 1 aromatic heterocycles. The van der Waals surface area contributed by atoms with Crippen LogP contribution >= 0.6 is 0 Å². The molecule has 1 saturated heterocycles. The first-order chi connectivity index (χ1) is 15.6. The number of aliphatic hydroxyl groups is 1. The van der Waals surface area contributed by atoms with Gasteiger partial charge in [-0.2, -0.15) is 0 Å². The average Bonchev–Trinajstić information content (AvgIpc) is 2.77. The van der Waals surface area contributed by atoms with Gasteiger partial charge in [-0.25, -0.2) is 20.4 Å². The Labute approximate surface area is 192 Å². The second-order valence-electron chi connectivity index (χ2n) is 9.33. The fraction of sp³-hybridized carbons (Fsp3) is 0.522. The van der Waals surface area contributed by atoms with Crippen LogP contribution in [0, 0.1) is 6.92 Å². The van der Waals surface area contributed by atoms with Crippen molar-refractivity contribution in [1.82, 2.24) is 25.7 Å². The van der Waals surface area contributed by atoms with Crippen LogP contribution in [-0.2, 0) is 9.59 Å². The number of β-lactam (4-membered cyclic amide) rings is 2. The number of hydrogen-bond donors (Lipinski definition) is 4. The summed E-state index contributed by atoms with van der Waals surface area (Å²) in [5.74, 6) is -1.07. The molecule has 176 valence electrons. The Morgan fingerprint density at radius 1 is 1.15 bits per heavy atom. The minimum Gasteiger partial charge on any atom is -0.372 e. The summed E-state index contributed by atoms with van der Waals surface area (Å²) in [5, 5.41) is 17.9. The van der Waals surface area contributed by atoms with Gasteiger partial charge in [0.1, 0.15) is 5.82 Å². The Balaban J connectivity index is 1.63. The number of hydrazine groups is 1. The molecule has 4 N–H and O–H groups in total. The summed E-state index contributed by atoms with van der Waals surface area (Å²) < 4.78 is 0. The lowest BCUT2D eigenvalue weighted by atomic mass is 9.89. The van der Waals surface area contributed by atoms with Crippen LogP contribution in [0.15, 0.2) is 18.2 Å². The molecule has 1 aliphatic heterocycles. The highest BCUT2D eigenvalue weighted by atomic mass is 16.3. The lowest BCUT2D eigenvalue weighted by Crippen LogP contribution is -2.75. The molecule has 2 fully saturated rings. The third kappa shape index (κ3) is 4.40. The molecule has 4 rings (SSSR count). The maximum atomic E-state index is 12.6. The van der Waals surface area contributed by atoms with Gasteiger partial charge in [-0.3, -0.25) is 14.4 Å². The quantitative estimate of drug-likeness (QED) is 0.380. The zero-order chi connectivity index (χ0) is 23.9. The summed E-state index contributed by atoms with van der Waals surface area (Å²) in [4.78, 5) is 45.9. The third-order valence-corrected chi connectivity index (χ3v) is 6.10. The van der Waals surface area contributed by atoms with Gasteiger partial charge in [-0.05, 0) is 52.7 Å². The minimum absolute atomic E-state index is 0.0537. The molecule has 0 spiro atoms. The Morgan fingerprint density at radius 2 is 1.82 bits per heavy atom. The summed E-state index contributed by atoms with van der Waals surface area (Å²) in [7, 11) is 0. The van der Waals surface area contributed by atoms with Crippen LogP contribution in [0.25, 0.3) is 10.9 Å². The summed E-state index contributed by atoms with van der Waals surface area (Å²) >= 11 is 0. The summed E-state index contributed by atoms with van der Waals surface area (Å²) in [6, 6.07) is 5.32. The molecular weight excluding hydrogens is 424 g/mol. The molecule has 0 radical (unpaired) electrons. The Hall–Kier alpha value is -3.11. The van der Waals surface area contributed by atoms with Crippen LogP contribution < -0.4 is 16.1 Å². The normalized spacial score (nSPS) is 22.4. The molecular formula is C23H30N6O4. The maximum absolute atomic E-state index is 12.6. The molecule has 33 heavy (non-hydrogen) atoms. The van der Waals surface area contributed by atoms with Gasteiger partial charge < -0.3 is 15.7 Å². The van der Waals surface area contributed by atoms with E-state index < -0.39 is 17.4 Å². The Kier molecular flexibility index (Phi) is 6.06. The van der Waals surface area contributed by atoms with E-state index in [0.717, 1.165) is 41.6 Å². The van der Waals surface area contributed by atoms with Crippen LogP contribution in [0.4, 0.5) is 5.82 Å². The molecule has 10 heteroatoms. The van der Waals surface area contributed by atoms with Crippen molar-refractivity contribution in [3.05, 3.63) is 29.6 Å². The smallest absolute Gasteiger partial charge is 0.289 e. The fourth-order valence-electron chi connectivity index (χ4n) is 4.26. The lowest BCUT2D eigenvalue weighted by molar-refractivity contribution is -0.192. The lowest BCUT2D eigenvalue weighted by Gasteiger charge is -2.44. The van der Waals surface area contributed by atoms with Crippen LogP contribution in [0.2, 0.25) is 0 Å². The van der Waals surface area contributed by atoms with E-state index in [0.29, 0.717) is 11.3 Å². The van der Waals surface area contributed by atoms with Gasteiger partial charge in [0.2, 0.25) is 11.4 Å². The number of aromatic nitrogens is 2. The SMILES string of the molecule is Cc1ccc2nc(C(=O)NC(C)C)nc(N[C@H]3CCCC[C@H]3NN3C(=O)C(C)(O)C3=O)c2c1. The predicted octanol–water partition coefficient (Wildman–Crippen LogP) is 1.42. The van der Waals surface area contributed by atoms with Gasteiger partial charge in [-0.1, -0.05) is 24.5 Å². The monoisotopic (exact) mass is 454 g/mol. The molecule has 2 aromatic rings. The topological polar surface area (TPSA) is 137 Å². The number of nitrogens with one attached hydrogen (secondary N) is 3. The van der Waals surface area contributed by atoms with E-state index in [2.05, 4.69) is 26.0 Å². The van der Waals surface area contributed by atoms with Crippen LogP contribution in [0.3, 0.4) is 0 Å². The zero-order valence-corrected chi connectivity index (χ0v) is 19.3. The Morgan fingerprint density at radius 3 is 2.48 bits per heavy atom. The standard InChI is InChI=1S/C23H30N6O4/c1-12(2)24-20(30)19-25-15-10-9-13(3)11-14(15)18(27-19)26-16-7-5-6-8-17(16)28-29-21(31)23(4,33)22(29)32/h9-12,16-17,28,33H,5-8H2,1-4H3,(H,24,30)(H,25,26,27)/t16-,17+/m0/s1. The van der Waals surface area contributed by atoms with Crippen molar-refractivity contribution in [1.29, 1.82) is 0 Å². The molecule has 3 amide bonds. The van der Waals surface area contributed by atoms with Gasteiger partial charge in [0, 0.05) is 23.5 Å². The van der Waals surface area contributed by atoms with Crippen molar-refractivity contribution >= 4 is 34.4 Å². The van der Waals surface area contributed by atoms with Gasteiger partial charge in [0.15, 0.2) is 0 Å². The highest BCUT2D eigenvalue weighted by Crippen LogP contribution is 2.29.